The summed E-state index contributed by atoms with van der Waals surface area (Å²) in [6, 6.07) is 5.05. The summed E-state index contributed by atoms with van der Waals surface area (Å²) in [5, 5.41) is 2.38. The molecular formula is C17H16F3N3O2. The number of hydrogen-bond donors (Lipinski definition) is 1. The van der Waals surface area contributed by atoms with Crippen molar-refractivity contribution in [1.82, 2.24) is 15.2 Å². The Balaban J connectivity index is 1.94. The summed E-state index contributed by atoms with van der Waals surface area (Å²) in [7, 11) is 0. The normalized spacial score (nSPS) is 10.4. The number of aromatic nitrogens is 1. The molecule has 0 saturated heterocycles. The van der Waals surface area contributed by atoms with Gasteiger partial charge in [0.1, 0.15) is 0 Å². The lowest BCUT2D eigenvalue weighted by Gasteiger charge is -2.21. The lowest BCUT2D eigenvalue weighted by Crippen LogP contribution is -2.37. The third-order valence-electron chi connectivity index (χ3n) is 3.52. The Bertz CT molecular complexity index is 769. The predicted molar refractivity (Wildman–Crippen MR) is 84.0 cm³/mol. The molecule has 0 aliphatic rings. The van der Waals surface area contributed by atoms with Crippen LogP contribution < -0.4 is 5.32 Å². The van der Waals surface area contributed by atoms with Gasteiger partial charge in [0.15, 0.2) is 17.5 Å². The fourth-order valence-corrected chi connectivity index (χ4v) is 2.16. The zero-order valence-corrected chi connectivity index (χ0v) is 13.4. The molecule has 5 nitrogen and oxygen atoms in total. The Kier molecular flexibility index (Phi) is 6.10. The molecule has 132 valence electrons. The van der Waals surface area contributed by atoms with Gasteiger partial charge >= 0.3 is 0 Å². The summed E-state index contributed by atoms with van der Waals surface area (Å²) in [6.07, 6.45) is 3.20. The molecular weight excluding hydrogens is 335 g/mol. The average Bonchev–Trinajstić information content (AvgIpc) is 2.59. The summed E-state index contributed by atoms with van der Waals surface area (Å²) in [4.78, 5) is 28.9. The number of pyridine rings is 1. The third-order valence-corrected chi connectivity index (χ3v) is 3.52. The zero-order valence-electron chi connectivity index (χ0n) is 13.4. The van der Waals surface area contributed by atoms with Crippen LogP contribution in [0.3, 0.4) is 0 Å². The molecule has 1 aromatic carbocycles. The number of benzene rings is 1. The molecule has 0 fully saturated rings. The predicted octanol–water partition coefficient (Wildman–Crippen LogP) is 2.28. The highest BCUT2D eigenvalue weighted by Crippen LogP contribution is 2.15. The largest absolute Gasteiger partial charge is 0.350 e. The molecule has 0 unspecified atom stereocenters. The molecule has 0 bridgehead atoms. The average molecular weight is 351 g/mol. The smallest absolute Gasteiger partial charge is 0.254 e. The molecule has 0 saturated carbocycles. The second-order valence-corrected chi connectivity index (χ2v) is 5.27. The van der Waals surface area contributed by atoms with Gasteiger partial charge in [0.2, 0.25) is 5.91 Å². The number of nitrogens with one attached hydrogen (secondary N) is 1. The van der Waals surface area contributed by atoms with Crippen LogP contribution in [0.4, 0.5) is 13.2 Å². The Morgan fingerprint density at radius 2 is 1.76 bits per heavy atom. The molecule has 0 aliphatic heterocycles. The molecule has 25 heavy (non-hydrogen) atoms. The molecule has 0 atom stereocenters. The van der Waals surface area contributed by atoms with Gasteiger partial charge in [-0.3, -0.25) is 14.6 Å². The van der Waals surface area contributed by atoms with E-state index in [0.29, 0.717) is 12.6 Å². The Morgan fingerprint density at radius 3 is 2.40 bits per heavy atom. The molecule has 1 N–H and O–H groups in total. The quantitative estimate of drug-likeness (QED) is 0.812. The standard InChI is InChI=1S/C17H16F3N3O2/c1-11(24)23(10-12-4-6-21-7-5-12)9-8-22-17(25)13-2-3-14(18)16(20)15(13)19/h2-7H,8-10H2,1H3,(H,22,25). The van der Waals surface area contributed by atoms with Crippen molar-refractivity contribution in [3.8, 4) is 0 Å². The lowest BCUT2D eigenvalue weighted by atomic mass is 10.2. The molecule has 2 rings (SSSR count). The van der Waals surface area contributed by atoms with Gasteiger partial charge in [-0.05, 0) is 29.8 Å². The van der Waals surface area contributed by atoms with Crippen LogP contribution in [0.1, 0.15) is 22.8 Å². The number of nitrogens with zero attached hydrogens (tertiary/aromatic N) is 2. The second-order valence-electron chi connectivity index (χ2n) is 5.27. The summed E-state index contributed by atoms with van der Waals surface area (Å²) in [6.45, 7) is 1.92. The minimum absolute atomic E-state index is 0.0297. The van der Waals surface area contributed by atoms with E-state index >= 15 is 0 Å². The van der Waals surface area contributed by atoms with Crippen LogP contribution in [0, 0.1) is 17.5 Å². The maximum absolute atomic E-state index is 13.6. The minimum Gasteiger partial charge on any atom is -0.350 e. The van der Waals surface area contributed by atoms with Crippen molar-refractivity contribution in [2.24, 2.45) is 0 Å². The van der Waals surface area contributed by atoms with Crippen LogP contribution in [-0.4, -0.2) is 34.8 Å². The first kappa shape index (κ1) is 18.4. The number of amides is 2. The molecule has 1 heterocycles. The monoisotopic (exact) mass is 351 g/mol. The van der Waals surface area contributed by atoms with E-state index in [9.17, 15) is 22.8 Å². The maximum Gasteiger partial charge on any atom is 0.254 e. The summed E-state index contributed by atoms with van der Waals surface area (Å²) < 4.78 is 39.6. The number of rotatable bonds is 6. The topological polar surface area (TPSA) is 62.3 Å². The van der Waals surface area contributed by atoms with E-state index in [1.807, 2.05) is 0 Å². The summed E-state index contributed by atoms with van der Waals surface area (Å²) in [5.74, 6) is -5.70. The van der Waals surface area contributed by atoms with Gasteiger partial charge in [-0.2, -0.15) is 0 Å². The minimum atomic E-state index is -1.70. The van der Waals surface area contributed by atoms with Crippen molar-refractivity contribution in [2.75, 3.05) is 13.1 Å². The fraction of sp³-hybridized carbons (Fsp3) is 0.235. The van der Waals surface area contributed by atoms with Gasteiger partial charge in [-0.1, -0.05) is 0 Å². The summed E-state index contributed by atoms with van der Waals surface area (Å²) >= 11 is 0. The van der Waals surface area contributed by atoms with Gasteiger partial charge in [-0.25, -0.2) is 13.2 Å². The number of halogens is 3. The highest BCUT2D eigenvalue weighted by Gasteiger charge is 2.19. The Labute approximate surface area is 142 Å². The number of hydrogen-bond acceptors (Lipinski definition) is 3. The van der Waals surface area contributed by atoms with Crippen molar-refractivity contribution in [3.63, 3.8) is 0 Å². The van der Waals surface area contributed by atoms with Gasteiger partial charge in [0, 0.05) is 39.0 Å². The third kappa shape index (κ3) is 4.79. The number of carbonyl (C=O) groups excluding carboxylic acids is 2. The van der Waals surface area contributed by atoms with Crippen molar-refractivity contribution < 1.29 is 22.8 Å². The Hall–Kier alpha value is -2.90. The van der Waals surface area contributed by atoms with Crippen molar-refractivity contribution in [3.05, 3.63) is 65.2 Å². The highest BCUT2D eigenvalue weighted by atomic mass is 19.2. The first-order valence-corrected chi connectivity index (χ1v) is 7.46. The lowest BCUT2D eigenvalue weighted by molar-refractivity contribution is -0.129. The first-order valence-electron chi connectivity index (χ1n) is 7.46. The molecule has 1 aromatic heterocycles. The Morgan fingerprint density at radius 1 is 1.08 bits per heavy atom. The zero-order chi connectivity index (χ0) is 18.4. The maximum atomic E-state index is 13.6. The number of carbonyl (C=O) groups is 2. The van der Waals surface area contributed by atoms with Crippen LogP contribution in [0.25, 0.3) is 0 Å². The highest BCUT2D eigenvalue weighted by molar-refractivity contribution is 5.94. The van der Waals surface area contributed by atoms with Crippen molar-refractivity contribution in [1.29, 1.82) is 0 Å². The summed E-state index contributed by atoms with van der Waals surface area (Å²) in [5.41, 5.74) is 0.269. The fourth-order valence-electron chi connectivity index (χ4n) is 2.16. The van der Waals surface area contributed by atoms with Crippen LogP contribution in [0.2, 0.25) is 0 Å². The van der Waals surface area contributed by atoms with E-state index in [2.05, 4.69) is 10.3 Å². The van der Waals surface area contributed by atoms with Gasteiger partial charge in [0.25, 0.3) is 5.91 Å². The van der Waals surface area contributed by atoms with Gasteiger partial charge in [-0.15, -0.1) is 0 Å². The van der Waals surface area contributed by atoms with Crippen molar-refractivity contribution >= 4 is 11.8 Å². The SMILES string of the molecule is CC(=O)N(CCNC(=O)c1ccc(F)c(F)c1F)Cc1ccncc1. The van der Waals surface area contributed by atoms with E-state index in [0.717, 1.165) is 11.6 Å². The molecule has 0 radical (unpaired) electrons. The van der Waals surface area contributed by atoms with Crippen LogP contribution >= 0.6 is 0 Å². The van der Waals surface area contributed by atoms with Crippen LogP contribution in [0.5, 0.6) is 0 Å². The van der Waals surface area contributed by atoms with Gasteiger partial charge in [0.05, 0.1) is 5.56 Å². The van der Waals surface area contributed by atoms with Crippen molar-refractivity contribution in [2.45, 2.75) is 13.5 Å². The van der Waals surface area contributed by atoms with Gasteiger partial charge < -0.3 is 10.2 Å². The second kappa shape index (κ2) is 8.27. The first-order chi connectivity index (χ1) is 11.9. The van der Waals surface area contributed by atoms with Crippen LogP contribution in [0.15, 0.2) is 36.7 Å². The molecule has 2 aromatic rings. The van der Waals surface area contributed by atoms with E-state index in [1.165, 1.54) is 11.8 Å². The van der Waals surface area contributed by atoms with E-state index in [1.54, 1.807) is 24.5 Å². The van der Waals surface area contributed by atoms with E-state index < -0.39 is 28.9 Å². The van der Waals surface area contributed by atoms with E-state index in [-0.39, 0.29) is 19.0 Å². The molecule has 0 spiro atoms. The molecule has 2 amide bonds. The molecule has 0 aliphatic carbocycles. The van der Waals surface area contributed by atoms with Crippen LogP contribution in [-0.2, 0) is 11.3 Å². The van der Waals surface area contributed by atoms with E-state index in [4.69, 9.17) is 0 Å². The molecule has 8 heteroatoms.